The number of nitrogens with one attached hydrogen (secondary N) is 2. The molecule has 2 N–H and O–H groups in total. The van der Waals surface area contributed by atoms with Gasteiger partial charge in [-0.05, 0) is 166 Å². The van der Waals surface area contributed by atoms with Gasteiger partial charge in [0, 0.05) is 53.5 Å². The van der Waals surface area contributed by atoms with Crippen LogP contribution >= 0.6 is 0 Å². The molecule has 15 heteroatoms. The maximum atomic E-state index is 5.93. The van der Waals surface area contributed by atoms with Crippen LogP contribution in [0.25, 0.3) is 56.1 Å². The van der Waals surface area contributed by atoms with Gasteiger partial charge >= 0.3 is 0 Å². The summed E-state index contributed by atoms with van der Waals surface area (Å²) in [6.45, 7) is 8.14. The highest BCUT2D eigenvalue weighted by Gasteiger charge is 2.15. The Bertz CT molecular complexity index is 3410. The third-order valence-corrected chi connectivity index (χ3v) is 13.3. The van der Waals surface area contributed by atoms with Crippen LogP contribution in [-0.4, -0.2) is 109 Å². The van der Waals surface area contributed by atoms with E-state index < -0.39 is 0 Å². The Balaban J connectivity index is 0.000000159. The van der Waals surface area contributed by atoms with Gasteiger partial charge in [-0.1, -0.05) is 60.7 Å². The molecular formula is C59H58N12O3. The first-order valence-electron chi connectivity index (χ1n) is 25.3. The number of hydrogen-bond donors (Lipinski definition) is 2. The molecule has 0 spiro atoms. The van der Waals surface area contributed by atoms with Crippen molar-refractivity contribution in [1.82, 2.24) is 49.0 Å². The number of pyridine rings is 2. The number of likely N-dealkylation sites (tertiary alicyclic amines) is 2. The van der Waals surface area contributed by atoms with Gasteiger partial charge in [-0.15, -0.1) is 10.2 Å². The lowest BCUT2D eigenvalue weighted by Crippen LogP contribution is -2.25. The largest absolute Gasteiger partial charge is 0.497 e. The molecule has 2 fully saturated rings. The summed E-state index contributed by atoms with van der Waals surface area (Å²) in [5.41, 5.74) is 11.7. The van der Waals surface area contributed by atoms with Crippen LogP contribution in [0.3, 0.4) is 0 Å². The van der Waals surface area contributed by atoms with E-state index in [1.54, 1.807) is 7.11 Å². The van der Waals surface area contributed by atoms with E-state index in [0.717, 1.165) is 97.8 Å². The Hall–Kier alpha value is -8.66. The zero-order valence-electron chi connectivity index (χ0n) is 41.4. The number of aromatic nitrogens is 8. The van der Waals surface area contributed by atoms with Crippen molar-refractivity contribution in [3.63, 3.8) is 0 Å². The van der Waals surface area contributed by atoms with Crippen LogP contribution in [-0.2, 0) is 0 Å². The van der Waals surface area contributed by atoms with Gasteiger partial charge in [-0.2, -0.15) is 9.97 Å². The number of methoxy groups -OCH3 is 1. The highest BCUT2D eigenvalue weighted by atomic mass is 16.5. The Morgan fingerprint density at radius 1 is 0.446 bits per heavy atom. The lowest BCUT2D eigenvalue weighted by Gasteiger charge is -2.15. The number of fused-ring (bicyclic) bond motifs is 2. The average Bonchev–Trinajstić information content (AvgIpc) is 4.32. The quantitative estimate of drug-likeness (QED) is 0.0894. The molecule has 5 aromatic carbocycles. The third kappa shape index (κ3) is 11.7. The second-order valence-electron chi connectivity index (χ2n) is 18.3. The zero-order chi connectivity index (χ0) is 49.9. The highest BCUT2D eigenvalue weighted by molar-refractivity contribution is 5.74. The lowest BCUT2D eigenvalue weighted by molar-refractivity contribution is 0.237. The number of benzene rings is 5. The fourth-order valence-corrected chi connectivity index (χ4v) is 9.43. The van der Waals surface area contributed by atoms with Gasteiger partial charge < -0.3 is 24.8 Å². The number of hydrogen-bond acceptors (Lipinski definition) is 13. The molecule has 5 aromatic heterocycles. The highest BCUT2D eigenvalue weighted by Crippen LogP contribution is 2.30. The van der Waals surface area contributed by atoms with Crippen LogP contribution in [0.5, 0.6) is 17.2 Å². The molecule has 0 unspecified atom stereocenters. The van der Waals surface area contributed by atoms with Gasteiger partial charge in [-0.25, -0.2) is 19.0 Å². The molecule has 74 heavy (non-hydrogen) atoms. The van der Waals surface area contributed by atoms with Gasteiger partial charge in [0.15, 0.2) is 11.3 Å². The van der Waals surface area contributed by atoms with Gasteiger partial charge in [0.1, 0.15) is 36.8 Å². The summed E-state index contributed by atoms with van der Waals surface area (Å²) in [5.74, 6) is 3.67. The number of ether oxygens (including phenoxy) is 3. The molecule has 2 saturated heterocycles. The summed E-state index contributed by atoms with van der Waals surface area (Å²) in [4.78, 5) is 22.6. The molecule has 10 aromatic rings. The topological polar surface area (TPSA) is 144 Å². The molecule has 0 amide bonds. The van der Waals surface area contributed by atoms with Gasteiger partial charge in [0.2, 0.25) is 11.9 Å². The van der Waals surface area contributed by atoms with Gasteiger partial charge in [0.25, 0.3) is 0 Å². The molecule has 7 heterocycles. The van der Waals surface area contributed by atoms with Crippen molar-refractivity contribution in [1.29, 1.82) is 0 Å². The Labute approximate surface area is 430 Å². The smallest absolute Gasteiger partial charge is 0.247 e. The van der Waals surface area contributed by atoms with Crippen molar-refractivity contribution in [3.05, 3.63) is 176 Å². The van der Waals surface area contributed by atoms with Crippen LogP contribution in [0.1, 0.15) is 25.7 Å². The molecule has 0 saturated carbocycles. The van der Waals surface area contributed by atoms with Crippen LogP contribution in [0.2, 0.25) is 0 Å². The molecule has 0 aliphatic carbocycles. The monoisotopic (exact) mass is 982 g/mol. The predicted molar refractivity (Wildman–Crippen MR) is 292 cm³/mol. The minimum atomic E-state index is 0.540. The molecule has 2 aliphatic heterocycles. The second kappa shape index (κ2) is 22.8. The van der Waals surface area contributed by atoms with Crippen LogP contribution < -0.4 is 24.8 Å². The number of nitrogens with zero attached hydrogens (tertiary/aromatic N) is 10. The summed E-state index contributed by atoms with van der Waals surface area (Å²) in [5, 5.41) is 16.1. The van der Waals surface area contributed by atoms with Crippen LogP contribution in [0.4, 0.5) is 23.3 Å². The van der Waals surface area contributed by atoms with E-state index in [9.17, 15) is 0 Å². The first kappa shape index (κ1) is 47.7. The summed E-state index contributed by atoms with van der Waals surface area (Å²) in [6.07, 6.45) is 10.4. The van der Waals surface area contributed by atoms with E-state index in [0.29, 0.717) is 25.1 Å². The molecule has 15 nitrogen and oxygen atoms in total. The van der Waals surface area contributed by atoms with Gasteiger partial charge in [-0.3, -0.25) is 9.80 Å². The second-order valence-corrected chi connectivity index (χ2v) is 18.3. The summed E-state index contributed by atoms with van der Waals surface area (Å²) in [6, 6.07) is 52.7. The summed E-state index contributed by atoms with van der Waals surface area (Å²) in [7, 11) is 1.68. The fraction of sp³-hybridized carbons (Fsp3) is 0.220. The third-order valence-electron chi connectivity index (χ3n) is 13.3. The maximum Gasteiger partial charge on any atom is 0.247 e. The first-order chi connectivity index (χ1) is 36.6. The van der Waals surface area contributed by atoms with E-state index in [1.807, 2.05) is 118 Å². The molecule has 0 bridgehead atoms. The molecule has 372 valence electrons. The Morgan fingerprint density at radius 3 is 1.35 bits per heavy atom. The molecular weight excluding hydrogens is 925 g/mol. The van der Waals surface area contributed by atoms with Crippen molar-refractivity contribution in [2.45, 2.75) is 25.7 Å². The van der Waals surface area contributed by atoms with Crippen LogP contribution in [0.15, 0.2) is 176 Å². The summed E-state index contributed by atoms with van der Waals surface area (Å²) < 4.78 is 20.9. The van der Waals surface area contributed by atoms with E-state index in [-0.39, 0.29) is 0 Å². The van der Waals surface area contributed by atoms with E-state index >= 15 is 0 Å². The minimum absolute atomic E-state index is 0.540. The molecule has 0 radical (unpaired) electrons. The minimum Gasteiger partial charge on any atom is -0.497 e. The van der Waals surface area contributed by atoms with E-state index in [4.69, 9.17) is 29.4 Å². The SMILES string of the molecule is COc1ccc(-c2cccc(-c3cccc4nc(Nc5ccc(OCCN6CCCC6)cc5)nn34)c2)cc1.c1cc(-c2cncnc2)cc(-c2cccc3nc(Nc4ccc(OCCN5CCCC5)cc4)nn23)c1. The Kier molecular flexibility index (Phi) is 14.7. The van der Waals surface area contributed by atoms with Crippen LogP contribution in [0, 0.1) is 0 Å². The summed E-state index contributed by atoms with van der Waals surface area (Å²) >= 11 is 0. The van der Waals surface area contributed by atoms with E-state index in [2.05, 4.69) is 96.0 Å². The van der Waals surface area contributed by atoms with Crippen molar-refractivity contribution >= 4 is 34.6 Å². The van der Waals surface area contributed by atoms with Crippen molar-refractivity contribution in [2.75, 3.05) is 70.2 Å². The number of rotatable bonds is 17. The lowest BCUT2D eigenvalue weighted by atomic mass is 10.0. The van der Waals surface area contributed by atoms with Crippen molar-refractivity contribution in [2.24, 2.45) is 0 Å². The Morgan fingerprint density at radius 2 is 0.878 bits per heavy atom. The maximum absolute atomic E-state index is 5.93. The zero-order valence-corrected chi connectivity index (χ0v) is 41.4. The predicted octanol–water partition coefficient (Wildman–Crippen LogP) is 11.4. The van der Waals surface area contributed by atoms with Crippen molar-refractivity contribution < 1.29 is 14.2 Å². The molecule has 0 atom stereocenters. The fourth-order valence-electron chi connectivity index (χ4n) is 9.43. The standard InChI is InChI=1S/C31H31N5O2.C28H27N7O/c1-37-27-14-10-23(11-15-27)24-6-4-7-25(22-24)29-8-5-9-30-33-31(34-36(29)30)32-26-12-16-28(17-13-26)38-21-20-35-18-2-3-19-35;1-2-14-34(13-1)15-16-36-25-11-9-24(10-12-25)31-28-32-27-8-4-7-26(35(27)33-28)22-6-3-5-21(17-22)23-18-29-20-30-19-23/h4-17,22H,2-3,18-21H2,1H3,(H,32,34);3-12,17-20H,1-2,13-16H2,(H,31,33). The normalized spacial score (nSPS) is 13.7. The van der Waals surface area contributed by atoms with Crippen molar-refractivity contribution in [3.8, 4) is 62.0 Å². The number of anilines is 4. The average molecular weight is 983 g/mol. The van der Waals surface area contributed by atoms with E-state index in [1.165, 1.54) is 58.2 Å². The molecule has 2 aliphatic rings. The molecule has 12 rings (SSSR count). The van der Waals surface area contributed by atoms with Gasteiger partial charge in [0.05, 0.1) is 18.5 Å². The first-order valence-corrected chi connectivity index (χ1v) is 25.3.